The first kappa shape index (κ1) is 12.3. The molecule has 0 saturated carbocycles. The van der Waals surface area contributed by atoms with Crippen LogP contribution in [0.1, 0.15) is 6.92 Å². The Bertz CT molecular complexity index is 535. The molecular formula is C15H17N2O+. The summed E-state index contributed by atoms with van der Waals surface area (Å²) in [7, 11) is 0. The van der Waals surface area contributed by atoms with Crippen LogP contribution in [0.3, 0.4) is 0 Å². The fourth-order valence-corrected chi connectivity index (χ4v) is 1.72. The van der Waals surface area contributed by atoms with E-state index >= 15 is 0 Å². The zero-order chi connectivity index (χ0) is 13.0. The molecule has 0 saturated heterocycles. The lowest BCUT2D eigenvalue weighted by molar-refractivity contribution is -0.396. The number of quaternary nitrogens is 1. The van der Waals surface area contributed by atoms with Gasteiger partial charge in [0, 0.05) is 11.3 Å². The molecule has 4 N–H and O–H groups in total. The number of anilines is 1. The maximum absolute atomic E-state index is 11.7. The maximum Gasteiger partial charge on any atom is 0.282 e. The Morgan fingerprint density at radius 1 is 1.06 bits per heavy atom. The number of benzene rings is 2. The lowest BCUT2D eigenvalue weighted by Crippen LogP contribution is -2.64. The van der Waals surface area contributed by atoms with Crippen molar-refractivity contribution in [2.24, 2.45) is 0 Å². The highest BCUT2D eigenvalue weighted by atomic mass is 16.2. The summed E-state index contributed by atoms with van der Waals surface area (Å²) in [5.41, 5.74) is 6.66. The molecule has 3 nitrogen and oxygen atoms in total. The number of carbonyl (C=O) groups excluding carboxylic acids is 1. The van der Waals surface area contributed by atoms with Gasteiger partial charge in [-0.15, -0.1) is 0 Å². The summed E-state index contributed by atoms with van der Waals surface area (Å²) in [5, 5.41) is 2.91. The first-order valence-corrected chi connectivity index (χ1v) is 5.97. The van der Waals surface area contributed by atoms with E-state index in [0.29, 0.717) is 0 Å². The van der Waals surface area contributed by atoms with E-state index in [0.717, 1.165) is 16.8 Å². The number of hydrogen-bond acceptors (Lipinski definition) is 1. The van der Waals surface area contributed by atoms with Crippen molar-refractivity contribution in [1.82, 2.24) is 0 Å². The van der Waals surface area contributed by atoms with Crippen molar-refractivity contribution in [2.45, 2.75) is 13.0 Å². The van der Waals surface area contributed by atoms with Crippen LogP contribution in [0.2, 0.25) is 0 Å². The van der Waals surface area contributed by atoms with Gasteiger partial charge < -0.3 is 11.1 Å². The minimum atomic E-state index is -0.270. The predicted molar refractivity (Wildman–Crippen MR) is 72.9 cm³/mol. The largest absolute Gasteiger partial charge is 0.348 e. The number of hydrogen-bond donors (Lipinski definition) is 2. The summed E-state index contributed by atoms with van der Waals surface area (Å²) in [6, 6.07) is 17.5. The van der Waals surface area contributed by atoms with Crippen molar-refractivity contribution in [1.29, 1.82) is 0 Å². The molecule has 2 aromatic carbocycles. The van der Waals surface area contributed by atoms with E-state index in [4.69, 9.17) is 0 Å². The molecule has 0 fully saturated rings. The molecular weight excluding hydrogens is 224 g/mol. The molecule has 92 valence electrons. The number of carbonyl (C=O) groups is 1. The summed E-state index contributed by atoms with van der Waals surface area (Å²) in [6.45, 7) is 1.78. The Balaban J connectivity index is 2.35. The fraction of sp³-hybridized carbons (Fsp3) is 0.133. The molecule has 0 heterocycles. The average molecular weight is 241 g/mol. The second-order valence-corrected chi connectivity index (χ2v) is 4.30. The Kier molecular flexibility index (Phi) is 3.75. The van der Waals surface area contributed by atoms with Gasteiger partial charge in [-0.1, -0.05) is 48.5 Å². The van der Waals surface area contributed by atoms with Crippen molar-refractivity contribution in [3.8, 4) is 11.1 Å². The van der Waals surface area contributed by atoms with Crippen molar-refractivity contribution >= 4 is 11.6 Å². The first-order valence-electron chi connectivity index (χ1n) is 5.97. The Hall–Kier alpha value is -2.13. The maximum atomic E-state index is 11.7. The van der Waals surface area contributed by atoms with Gasteiger partial charge in [0.15, 0.2) is 6.04 Å². The number of nitrogens with one attached hydrogen (secondary N) is 1. The second kappa shape index (κ2) is 5.47. The van der Waals surface area contributed by atoms with Crippen LogP contribution in [-0.4, -0.2) is 11.9 Å². The highest BCUT2D eigenvalue weighted by molar-refractivity contribution is 5.97. The zero-order valence-corrected chi connectivity index (χ0v) is 10.4. The smallest absolute Gasteiger partial charge is 0.282 e. The van der Waals surface area contributed by atoms with Gasteiger partial charge in [0.25, 0.3) is 5.91 Å². The fourth-order valence-electron chi connectivity index (χ4n) is 1.72. The number of para-hydroxylation sites is 1. The summed E-state index contributed by atoms with van der Waals surface area (Å²) in [6.07, 6.45) is 0. The van der Waals surface area contributed by atoms with Gasteiger partial charge in [-0.25, -0.2) is 0 Å². The van der Waals surface area contributed by atoms with Gasteiger partial charge in [0.05, 0.1) is 0 Å². The van der Waals surface area contributed by atoms with Crippen LogP contribution in [0, 0.1) is 0 Å². The van der Waals surface area contributed by atoms with Crippen LogP contribution >= 0.6 is 0 Å². The van der Waals surface area contributed by atoms with Crippen molar-refractivity contribution in [2.75, 3.05) is 5.32 Å². The van der Waals surface area contributed by atoms with E-state index in [1.54, 1.807) is 6.92 Å². The van der Waals surface area contributed by atoms with E-state index < -0.39 is 0 Å². The van der Waals surface area contributed by atoms with Crippen molar-refractivity contribution < 1.29 is 10.5 Å². The molecule has 0 bridgehead atoms. The minimum Gasteiger partial charge on any atom is -0.348 e. The highest BCUT2D eigenvalue weighted by Crippen LogP contribution is 2.27. The van der Waals surface area contributed by atoms with Crippen LogP contribution in [-0.2, 0) is 4.79 Å². The summed E-state index contributed by atoms with van der Waals surface area (Å²) >= 11 is 0. The molecule has 1 amide bonds. The normalized spacial score (nSPS) is 11.9. The SMILES string of the molecule is C[C@@H]([NH3+])C(=O)Nc1ccccc1-c1ccccc1. The molecule has 0 aromatic heterocycles. The molecule has 0 unspecified atom stereocenters. The van der Waals surface area contributed by atoms with E-state index in [-0.39, 0.29) is 11.9 Å². The van der Waals surface area contributed by atoms with Gasteiger partial charge in [-0.3, -0.25) is 4.79 Å². The molecule has 2 rings (SSSR count). The highest BCUT2D eigenvalue weighted by Gasteiger charge is 2.13. The molecule has 0 aliphatic rings. The Morgan fingerprint density at radius 2 is 1.67 bits per heavy atom. The molecule has 0 aliphatic carbocycles. The molecule has 1 atom stereocenters. The molecule has 0 radical (unpaired) electrons. The van der Waals surface area contributed by atoms with Gasteiger partial charge in [-0.2, -0.15) is 0 Å². The number of rotatable bonds is 3. The lowest BCUT2D eigenvalue weighted by atomic mass is 10.0. The monoisotopic (exact) mass is 241 g/mol. The summed E-state index contributed by atoms with van der Waals surface area (Å²) in [5.74, 6) is -0.0709. The van der Waals surface area contributed by atoms with E-state index in [1.807, 2.05) is 54.6 Å². The summed E-state index contributed by atoms with van der Waals surface area (Å²) < 4.78 is 0. The van der Waals surface area contributed by atoms with Crippen LogP contribution < -0.4 is 11.1 Å². The van der Waals surface area contributed by atoms with E-state index in [9.17, 15) is 4.79 Å². The van der Waals surface area contributed by atoms with Crippen LogP contribution in [0.15, 0.2) is 54.6 Å². The van der Waals surface area contributed by atoms with E-state index in [2.05, 4.69) is 11.1 Å². The average Bonchev–Trinajstić information content (AvgIpc) is 2.40. The van der Waals surface area contributed by atoms with Gasteiger partial charge in [-0.05, 0) is 18.6 Å². The third-order valence-electron chi connectivity index (χ3n) is 2.72. The molecule has 18 heavy (non-hydrogen) atoms. The van der Waals surface area contributed by atoms with Gasteiger partial charge in [0.1, 0.15) is 0 Å². The third-order valence-corrected chi connectivity index (χ3v) is 2.72. The molecule has 3 heteroatoms. The standard InChI is InChI=1S/C15H16N2O/c1-11(16)15(18)17-14-10-6-5-9-13(14)12-7-3-2-4-8-12/h2-11H,16H2,1H3,(H,17,18)/p+1/t11-/m1/s1. The quantitative estimate of drug-likeness (QED) is 0.847. The first-order chi connectivity index (χ1) is 8.68. The van der Waals surface area contributed by atoms with E-state index in [1.165, 1.54) is 0 Å². The van der Waals surface area contributed by atoms with Crippen molar-refractivity contribution in [3.63, 3.8) is 0 Å². The Labute approximate surface area is 107 Å². The lowest BCUT2D eigenvalue weighted by Gasteiger charge is -2.11. The van der Waals surface area contributed by atoms with Crippen LogP contribution in [0.5, 0.6) is 0 Å². The Morgan fingerprint density at radius 3 is 2.33 bits per heavy atom. The second-order valence-electron chi connectivity index (χ2n) is 4.30. The predicted octanol–water partition coefficient (Wildman–Crippen LogP) is 1.92. The van der Waals surface area contributed by atoms with Gasteiger partial charge in [0.2, 0.25) is 0 Å². The molecule has 2 aromatic rings. The third kappa shape index (κ3) is 2.76. The zero-order valence-electron chi connectivity index (χ0n) is 10.4. The summed E-state index contributed by atoms with van der Waals surface area (Å²) in [4.78, 5) is 11.7. The van der Waals surface area contributed by atoms with Crippen LogP contribution in [0.25, 0.3) is 11.1 Å². The minimum absolute atomic E-state index is 0.0709. The molecule has 0 spiro atoms. The van der Waals surface area contributed by atoms with Crippen molar-refractivity contribution in [3.05, 3.63) is 54.6 Å². The molecule has 0 aliphatic heterocycles. The van der Waals surface area contributed by atoms with Crippen LogP contribution in [0.4, 0.5) is 5.69 Å². The number of amides is 1. The topological polar surface area (TPSA) is 56.7 Å². The van der Waals surface area contributed by atoms with Gasteiger partial charge >= 0.3 is 0 Å².